The molecule has 1 N–H and O–H groups in total. The highest BCUT2D eigenvalue weighted by Gasteiger charge is 2.44. The zero-order chi connectivity index (χ0) is 28.1. The van der Waals surface area contributed by atoms with Crippen LogP contribution in [0.1, 0.15) is 49.4 Å². The second kappa shape index (κ2) is 10.7. The molecule has 0 aliphatic carbocycles. The summed E-state index contributed by atoms with van der Waals surface area (Å²) in [4.78, 5) is 30.8. The number of benzene rings is 2. The van der Waals surface area contributed by atoms with E-state index in [1.54, 1.807) is 4.90 Å². The molecule has 0 spiro atoms. The van der Waals surface area contributed by atoms with E-state index < -0.39 is 6.09 Å². The highest BCUT2D eigenvalue weighted by Crippen LogP contribution is 2.38. The van der Waals surface area contributed by atoms with Crippen LogP contribution in [0.5, 0.6) is 6.01 Å². The van der Waals surface area contributed by atoms with Crippen molar-refractivity contribution in [3.8, 4) is 6.01 Å². The van der Waals surface area contributed by atoms with Gasteiger partial charge in [-0.3, -0.25) is 4.90 Å². The summed E-state index contributed by atoms with van der Waals surface area (Å²) in [6.07, 6.45) is 5.17. The number of carbonyl (C=O) groups is 1. The van der Waals surface area contributed by atoms with Gasteiger partial charge in [-0.1, -0.05) is 37.3 Å². The molecule has 2 bridgehead atoms. The SMILES string of the molecule is CCc1cccc2cccc(N3CCc4c(nc(OCC5CCCN5C)nc4N4C[C@H]5CC[C@@H](C4)N5C(=O)O)C3)c12. The molecule has 4 aliphatic heterocycles. The maximum Gasteiger partial charge on any atom is 0.407 e. The van der Waals surface area contributed by atoms with Crippen molar-refractivity contribution in [1.29, 1.82) is 0 Å². The molecule has 3 aromatic rings. The zero-order valence-electron chi connectivity index (χ0n) is 24.1. The van der Waals surface area contributed by atoms with Crippen LogP contribution in [0.4, 0.5) is 16.3 Å². The third-order valence-corrected chi connectivity index (χ3v) is 9.79. The lowest BCUT2D eigenvalue weighted by molar-refractivity contribution is 0.114. The van der Waals surface area contributed by atoms with E-state index in [9.17, 15) is 9.90 Å². The van der Waals surface area contributed by atoms with Crippen molar-refractivity contribution in [2.75, 3.05) is 49.6 Å². The van der Waals surface area contributed by atoms with Gasteiger partial charge < -0.3 is 24.5 Å². The molecule has 1 amide bonds. The number of amides is 1. The molecule has 7 rings (SSSR count). The van der Waals surface area contributed by atoms with Gasteiger partial charge in [0.2, 0.25) is 0 Å². The number of fused-ring (bicyclic) bond motifs is 4. The van der Waals surface area contributed by atoms with Gasteiger partial charge in [0.25, 0.3) is 0 Å². The molecular formula is C32H40N6O3. The first kappa shape index (κ1) is 26.3. The summed E-state index contributed by atoms with van der Waals surface area (Å²) in [6, 6.07) is 14.0. The van der Waals surface area contributed by atoms with Crippen LogP contribution >= 0.6 is 0 Å². The Balaban J connectivity index is 1.23. The van der Waals surface area contributed by atoms with E-state index in [0.29, 0.717) is 38.3 Å². The van der Waals surface area contributed by atoms with Crippen molar-refractivity contribution in [3.05, 3.63) is 53.2 Å². The quantitative estimate of drug-likeness (QED) is 0.473. The van der Waals surface area contributed by atoms with Crippen molar-refractivity contribution in [2.24, 2.45) is 0 Å². The Labute approximate surface area is 241 Å². The van der Waals surface area contributed by atoms with Crippen LogP contribution in [0.3, 0.4) is 0 Å². The number of likely N-dealkylation sites (tertiary alicyclic amines) is 1. The highest BCUT2D eigenvalue weighted by atomic mass is 16.5. The van der Waals surface area contributed by atoms with Crippen LogP contribution in [-0.4, -0.2) is 88.9 Å². The van der Waals surface area contributed by atoms with E-state index in [1.165, 1.54) is 34.0 Å². The number of rotatable bonds is 6. The minimum Gasteiger partial charge on any atom is -0.465 e. The lowest BCUT2D eigenvalue weighted by Crippen LogP contribution is -2.56. The van der Waals surface area contributed by atoms with Gasteiger partial charge in [-0.2, -0.15) is 9.97 Å². The topological polar surface area (TPSA) is 85.3 Å². The maximum atomic E-state index is 11.9. The Hall–Kier alpha value is -3.59. The number of hydrogen-bond donors (Lipinski definition) is 1. The second-order valence-corrected chi connectivity index (χ2v) is 12.1. The van der Waals surface area contributed by atoms with Crippen molar-refractivity contribution < 1.29 is 14.6 Å². The van der Waals surface area contributed by atoms with Crippen LogP contribution in [0, 0.1) is 0 Å². The predicted molar refractivity (Wildman–Crippen MR) is 160 cm³/mol. The van der Waals surface area contributed by atoms with Crippen molar-refractivity contribution in [1.82, 2.24) is 19.8 Å². The molecule has 3 fully saturated rings. The van der Waals surface area contributed by atoms with Crippen LogP contribution in [0.15, 0.2) is 36.4 Å². The Morgan fingerprint density at radius 1 is 1.02 bits per heavy atom. The number of aromatic nitrogens is 2. The van der Waals surface area contributed by atoms with Gasteiger partial charge in [0, 0.05) is 42.3 Å². The summed E-state index contributed by atoms with van der Waals surface area (Å²) in [5.41, 5.74) is 4.83. The summed E-state index contributed by atoms with van der Waals surface area (Å²) < 4.78 is 6.32. The summed E-state index contributed by atoms with van der Waals surface area (Å²) in [5.74, 6) is 0.943. The first-order valence-corrected chi connectivity index (χ1v) is 15.2. The third-order valence-electron chi connectivity index (χ3n) is 9.79. The number of hydrogen-bond acceptors (Lipinski definition) is 7. The van der Waals surface area contributed by atoms with Gasteiger partial charge in [0.15, 0.2) is 0 Å². The molecular weight excluding hydrogens is 516 g/mol. The molecule has 9 heteroatoms. The normalized spacial score (nSPS) is 24.2. The van der Waals surface area contributed by atoms with Crippen molar-refractivity contribution >= 4 is 28.4 Å². The van der Waals surface area contributed by atoms with E-state index in [4.69, 9.17) is 14.7 Å². The van der Waals surface area contributed by atoms with Gasteiger partial charge in [0.05, 0.1) is 24.3 Å². The summed E-state index contributed by atoms with van der Waals surface area (Å²) in [5, 5.41) is 12.4. The molecule has 216 valence electrons. The minimum absolute atomic E-state index is 0.0107. The van der Waals surface area contributed by atoms with Gasteiger partial charge in [-0.15, -0.1) is 0 Å². The molecule has 2 aromatic carbocycles. The molecule has 0 radical (unpaired) electrons. The molecule has 0 saturated carbocycles. The van der Waals surface area contributed by atoms with Crippen LogP contribution in [0.25, 0.3) is 10.8 Å². The van der Waals surface area contributed by atoms with E-state index >= 15 is 0 Å². The van der Waals surface area contributed by atoms with Crippen molar-refractivity contribution in [3.63, 3.8) is 0 Å². The summed E-state index contributed by atoms with van der Waals surface area (Å²) in [7, 11) is 2.16. The fraction of sp³-hybridized carbons (Fsp3) is 0.531. The second-order valence-electron chi connectivity index (χ2n) is 12.1. The van der Waals surface area contributed by atoms with E-state index in [-0.39, 0.29) is 12.1 Å². The smallest absolute Gasteiger partial charge is 0.407 e. The summed E-state index contributed by atoms with van der Waals surface area (Å²) >= 11 is 0. The Morgan fingerprint density at radius 3 is 2.51 bits per heavy atom. The number of piperazine rings is 1. The Bertz CT molecular complexity index is 1440. The molecule has 4 aliphatic rings. The molecule has 3 atom stereocenters. The number of nitrogens with zero attached hydrogens (tertiary/aromatic N) is 6. The van der Waals surface area contributed by atoms with E-state index in [0.717, 1.165) is 56.7 Å². The van der Waals surface area contributed by atoms with Crippen molar-refractivity contribution in [2.45, 2.75) is 70.1 Å². The maximum absolute atomic E-state index is 11.9. The first-order chi connectivity index (χ1) is 20.0. The molecule has 41 heavy (non-hydrogen) atoms. The van der Waals surface area contributed by atoms with E-state index in [2.05, 4.69) is 65.1 Å². The lowest BCUT2D eigenvalue weighted by atomic mass is 9.98. The standard InChI is InChI=1S/C32H40N6O3/c1-3-21-7-4-8-22-9-5-11-28(29(21)22)36-16-14-26-27(19-36)33-31(41-20-25-10-6-15-35(25)2)34-30(26)37-17-23-12-13-24(18-37)38(23)32(39)40/h4-5,7-9,11,23-25H,3,6,10,12-20H2,1-2H3,(H,39,40)/t23-,24+,25?. The fourth-order valence-electron chi connectivity index (χ4n) is 7.62. The number of aryl methyl sites for hydroxylation is 1. The van der Waals surface area contributed by atoms with Gasteiger partial charge in [0.1, 0.15) is 12.4 Å². The van der Waals surface area contributed by atoms with Gasteiger partial charge >= 0.3 is 12.1 Å². The molecule has 1 aromatic heterocycles. The Morgan fingerprint density at radius 2 is 1.80 bits per heavy atom. The van der Waals surface area contributed by atoms with Crippen LogP contribution < -0.4 is 14.5 Å². The number of carboxylic acid groups (broad SMARTS) is 1. The minimum atomic E-state index is -0.802. The number of anilines is 2. The first-order valence-electron chi connectivity index (χ1n) is 15.2. The van der Waals surface area contributed by atoms with Crippen LogP contribution in [-0.2, 0) is 19.4 Å². The van der Waals surface area contributed by atoms with E-state index in [1.807, 2.05) is 0 Å². The Kier molecular flexibility index (Phi) is 6.85. The average molecular weight is 557 g/mol. The zero-order valence-corrected chi connectivity index (χ0v) is 24.1. The van der Waals surface area contributed by atoms with Gasteiger partial charge in [-0.25, -0.2) is 4.79 Å². The number of likely N-dealkylation sites (N-methyl/N-ethyl adjacent to an activating group) is 1. The molecule has 3 saturated heterocycles. The summed E-state index contributed by atoms with van der Waals surface area (Å²) in [6.45, 7) is 6.83. The largest absolute Gasteiger partial charge is 0.465 e. The fourth-order valence-corrected chi connectivity index (χ4v) is 7.62. The molecule has 5 heterocycles. The monoisotopic (exact) mass is 556 g/mol. The predicted octanol–water partition coefficient (Wildman–Crippen LogP) is 4.56. The lowest BCUT2D eigenvalue weighted by Gasteiger charge is -2.41. The number of ether oxygens (including phenoxy) is 1. The average Bonchev–Trinajstić information content (AvgIpc) is 3.53. The van der Waals surface area contributed by atoms with Crippen LogP contribution in [0.2, 0.25) is 0 Å². The van der Waals surface area contributed by atoms with Gasteiger partial charge in [-0.05, 0) is 69.1 Å². The molecule has 9 nitrogen and oxygen atoms in total. The molecule has 1 unspecified atom stereocenters. The highest BCUT2D eigenvalue weighted by molar-refractivity contribution is 5.97. The third kappa shape index (κ3) is 4.74.